The Balaban J connectivity index is 1.90. The lowest BCUT2D eigenvalue weighted by Crippen LogP contribution is -2.37. The predicted molar refractivity (Wildman–Crippen MR) is 98.7 cm³/mol. The molecule has 0 aliphatic carbocycles. The summed E-state index contributed by atoms with van der Waals surface area (Å²) < 4.78 is 0. The minimum atomic E-state index is 0.285. The van der Waals surface area contributed by atoms with Crippen LogP contribution >= 0.6 is 23.6 Å². The Bertz CT molecular complexity index is 746. The highest BCUT2D eigenvalue weighted by molar-refractivity contribution is 7.80. The Morgan fingerprint density at radius 1 is 1.23 bits per heavy atom. The van der Waals surface area contributed by atoms with Crippen LogP contribution in [0.5, 0.6) is 0 Å². The number of hydrogen-bond donors (Lipinski definition) is 3. The molecule has 5 heteroatoms. The molecular formula is C17H19N3S2. The van der Waals surface area contributed by atoms with Crippen LogP contribution in [0, 0.1) is 0 Å². The van der Waals surface area contributed by atoms with Crippen molar-refractivity contribution in [2.24, 2.45) is 0 Å². The highest BCUT2D eigenvalue weighted by Gasteiger charge is 2.19. The number of para-hydroxylation sites is 1. The number of fused-ring (bicyclic) bond motifs is 1. The van der Waals surface area contributed by atoms with E-state index in [2.05, 4.69) is 63.6 Å². The largest absolute Gasteiger partial charge is 0.363 e. The van der Waals surface area contributed by atoms with Crippen molar-refractivity contribution in [1.29, 1.82) is 0 Å². The van der Waals surface area contributed by atoms with Crippen molar-refractivity contribution in [1.82, 2.24) is 15.6 Å². The second-order valence-corrected chi connectivity index (χ2v) is 6.49. The van der Waals surface area contributed by atoms with Gasteiger partial charge in [-0.3, -0.25) is 0 Å². The molecule has 0 radical (unpaired) electrons. The van der Waals surface area contributed by atoms with Crippen LogP contribution in [0.2, 0.25) is 0 Å². The maximum atomic E-state index is 5.30. The summed E-state index contributed by atoms with van der Waals surface area (Å²) in [6, 6.07) is 12.7. The topological polar surface area (TPSA) is 39.8 Å². The van der Waals surface area contributed by atoms with E-state index >= 15 is 0 Å². The van der Waals surface area contributed by atoms with Gasteiger partial charge in [-0.05, 0) is 42.2 Å². The molecule has 3 aromatic rings. The van der Waals surface area contributed by atoms with Gasteiger partial charge in [0.05, 0.1) is 0 Å². The van der Waals surface area contributed by atoms with E-state index in [1.54, 1.807) is 11.3 Å². The summed E-state index contributed by atoms with van der Waals surface area (Å²) >= 11 is 7.08. The fourth-order valence-corrected chi connectivity index (χ4v) is 3.73. The van der Waals surface area contributed by atoms with E-state index in [9.17, 15) is 0 Å². The van der Waals surface area contributed by atoms with E-state index < -0.39 is 0 Å². The summed E-state index contributed by atoms with van der Waals surface area (Å²) in [4.78, 5) is 4.72. The average molecular weight is 329 g/mol. The summed E-state index contributed by atoms with van der Waals surface area (Å²) in [6.07, 6.45) is 2.12. The molecule has 1 aromatic carbocycles. The molecule has 0 fully saturated rings. The average Bonchev–Trinajstić information content (AvgIpc) is 3.18. The number of thiophene rings is 1. The predicted octanol–water partition coefficient (Wildman–Crippen LogP) is 3.85. The zero-order chi connectivity index (χ0) is 15.4. The standard InChI is InChI=1S/C17H19N3S2/c1-2-18-17(21)20-11-14(16-8-5-9-22-16)13-10-19-15-7-4-3-6-12(13)15/h3-10,14,19H,2,11H2,1H3,(H2,18,20,21)/t14-/m0/s1. The maximum Gasteiger partial charge on any atom is 0.166 e. The minimum absolute atomic E-state index is 0.285. The van der Waals surface area contributed by atoms with Crippen LogP contribution < -0.4 is 10.6 Å². The van der Waals surface area contributed by atoms with E-state index in [1.807, 2.05) is 6.92 Å². The number of hydrogen-bond acceptors (Lipinski definition) is 2. The van der Waals surface area contributed by atoms with Crippen molar-refractivity contribution < 1.29 is 0 Å². The van der Waals surface area contributed by atoms with Gasteiger partial charge in [-0.25, -0.2) is 0 Å². The van der Waals surface area contributed by atoms with Crippen molar-refractivity contribution in [2.45, 2.75) is 12.8 Å². The molecule has 0 spiro atoms. The zero-order valence-corrected chi connectivity index (χ0v) is 14.1. The normalized spacial score (nSPS) is 12.2. The third-order valence-corrected chi connectivity index (χ3v) is 4.96. The summed E-state index contributed by atoms with van der Waals surface area (Å²) in [5, 5.41) is 10.6. The molecule has 1 atom stereocenters. The second-order valence-electron chi connectivity index (χ2n) is 5.10. The van der Waals surface area contributed by atoms with Crippen molar-refractivity contribution in [3.8, 4) is 0 Å². The lowest BCUT2D eigenvalue weighted by Gasteiger charge is -2.17. The molecule has 0 aliphatic heterocycles. The molecule has 0 amide bonds. The summed E-state index contributed by atoms with van der Waals surface area (Å²) in [7, 11) is 0. The first-order chi connectivity index (χ1) is 10.8. The van der Waals surface area contributed by atoms with Gasteiger partial charge in [0.25, 0.3) is 0 Å². The van der Waals surface area contributed by atoms with Crippen molar-refractivity contribution >= 4 is 39.6 Å². The van der Waals surface area contributed by atoms with Gasteiger partial charge in [0.1, 0.15) is 0 Å². The van der Waals surface area contributed by atoms with Gasteiger partial charge < -0.3 is 15.6 Å². The molecule has 0 bridgehead atoms. The smallest absolute Gasteiger partial charge is 0.166 e. The number of benzene rings is 1. The lowest BCUT2D eigenvalue weighted by molar-refractivity contribution is 0.758. The van der Waals surface area contributed by atoms with Crippen LogP contribution in [0.1, 0.15) is 23.3 Å². The van der Waals surface area contributed by atoms with Gasteiger partial charge in [-0.2, -0.15) is 0 Å². The van der Waals surface area contributed by atoms with E-state index in [-0.39, 0.29) is 5.92 Å². The van der Waals surface area contributed by atoms with Gasteiger partial charge in [0.15, 0.2) is 5.11 Å². The zero-order valence-electron chi connectivity index (χ0n) is 12.4. The second kappa shape index (κ2) is 6.94. The van der Waals surface area contributed by atoms with Crippen LogP contribution in [-0.2, 0) is 0 Å². The highest BCUT2D eigenvalue weighted by atomic mass is 32.1. The Morgan fingerprint density at radius 3 is 2.86 bits per heavy atom. The van der Waals surface area contributed by atoms with Crippen LogP contribution in [-0.4, -0.2) is 23.2 Å². The number of nitrogens with one attached hydrogen (secondary N) is 3. The van der Waals surface area contributed by atoms with Gasteiger partial charge in [-0.1, -0.05) is 24.3 Å². The first-order valence-electron chi connectivity index (χ1n) is 7.40. The van der Waals surface area contributed by atoms with E-state index in [0.717, 1.165) is 13.1 Å². The molecular weight excluding hydrogens is 310 g/mol. The molecule has 3 nitrogen and oxygen atoms in total. The molecule has 0 aliphatic rings. The van der Waals surface area contributed by atoms with Crippen LogP contribution in [0.3, 0.4) is 0 Å². The Labute approximate surface area is 139 Å². The Kier molecular flexibility index (Phi) is 4.75. The molecule has 22 heavy (non-hydrogen) atoms. The molecule has 114 valence electrons. The number of aromatic nitrogens is 1. The minimum Gasteiger partial charge on any atom is -0.363 e. The highest BCUT2D eigenvalue weighted by Crippen LogP contribution is 2.32. The van der Waals surface area contributed by atoms with E-state index in [4.69, 9.17) is 12.2 Å². The first-order valence-corrected chi connectivity index (χ1v) is 8.69. The number of H-pyrrole nitrogens is 1. The van der Waals surface area contributed by atoms with Gasteiger partial charge in [-0.15, -0.1) is 11.3 Å². The molecule has 2 aromatic heterocycles. The monoisotopic (exact) mass is 329 g/mol. The number of rotatable bonds is 5. The van der Waals surface area contributed by atoms with E-state index in [0.29, 0.717) is 5.11 Å². The molecule has 3 rings (SSSR count). The fraction of sp³-hybridized carbons (Fsp3) is 0.235. The molecule has 3 N–H and O–H groups in total. The summed E-state index contributed by atoms with van der Waals surface area (Å²) in [5.41, 5.74) is 2.48. The van der Waals surface area contributed by atoms with Crippen LogP contribution in [0.25, 0.3) is 10.9 Å². The van der Waals surface area contributed by atoms with Crippen LogP contribution in [0.4, 0.5) is 0 Å². The van der Waals surface area contributed by atoms with Gasteiger partial charge in [0.2, 0.25) is 0 Å². The van der Waals surface area contributed by atoms with E-state index in [1.165, 1.54) is 21.3 Å². The molecule has 0 saturated carbocycles. The quantitative estimate of drug-likeness (QED) is 0.623. The van der Waals surface area contributed by atoms with Crippen molar-refractivity contribution in [2.75, 3.05) is 13.1 Å². The van der Waals surface area contributed by atoms with Gasteiger partial charge >= 0.3 is 0 Å². The van der Waals surface area contributed by atoms with Gasteiger partial charge in [0, 0.05) is 41.0 Å². The number of thiocarbonyl (C=S) groups is 1. The Hall–Kier alpha value is -1.85. The lowest BCUT2D eigenvalue weighted by atomic mass is 9.97. The third kappa shape index (κ3) is 3.15. The van der Waals surface area contributed by atoms with Crippen molar-refractivity contribution in [3.63, 3.8) is 0 Å². The Morgan fingerprint density at radius 2 is 2.09 bits per heavy atom. The summed E-state index contributed by atoms with van der Waals surface area (Å²) in [5.74, 6) is 0.285. The van der Waals surface area contributed by atoms with Crippen molar-refractivity contribution in [3.05, 3.63) is 58.4 Å². The third-order valence-electron chi connectivity index (χ3n) is 3.69. The molecule has 2 heterocycles. The molecule has 0 unspecified atom stereocenters. The maximum absolute atomic E-state index is 5.30. The van der Waals surface area contributed by atoms with Crippen LogP contribution in [0.15, 0.2) is 48.0 Å². The number of aromatic amines is 1. The first kappa shape index (κ1) is 15.1. The molecule has 0 saturated heterocycles. The summed E-state index contributed by atoms with van der Waals surface area (Å²) in [6.45, 7) is 3.67. The SMILES string of the molecule is CCNC(=S)NC[C@H](c1cccs1)c1c[nH]c2ccccc12. The fourth-order valence-electron chi connectivity index (χ4n) is 2.65.